The summed E-state index contributed by atoms with van der Waals surface area (Å²) in [6, 6.07) is 4.30. The first kappa shape index (κ1) is 23.1. The van der Waals surface area contributed by atoms with Gasteiger partial charge < -0.3 is 19.9 Å². The van der Waals surface area contributed by atoms with E-state index in [4.69, 9.17) is 10.5 Å². The van der Waals surface area contributed by atoms with Crippen molar-refractivity contribution >= 4 is 12.0 Å². The van der Waals surface area contributed by atoms with Crippen LogP contribution in [0.4, 0.5) is 18.0 Å². The molecule has 33 heavy (non-hydrogen) atoms. The average Bonchev–Trinajstić information content (AvgIpc) is 3.32. The number of fused-ring (bicyclic) bond motifs is 1. The highest BCUT2D eigenvalue weighted by atomic mass is 19.4. The molecule has 11 heteroatoms. The number of hydrogen-bond acceptors (Lipinski definition) is 6. The number of nitrogens with zero attached hydrogens (tertiary/aromatic N) is 3. The fourth-order valence-corrected chi connectivity index (χ4v) is 5.03. The maximum atomic E-state index is 13.5. The smallest absolute Gasteiger partial charge is 0.440 e. The van der Waals surface area contributed by atoms with Crippen molar-refractivity contribution in [3.63, 3.8) is 0 Å². The zero-order valence-corrected chi connectivity index (χ0v) is 18.5. The second kappa shape index (κ2) is 7.74. The number of alkyl halides is 3. The van der Waals surface area contributed by atoms with Crippen LogP contribution in [0.25, 0.3) is 11.4 Å². The van der Waals surface area contributed by atoms with Gasteiger partial charge in [0.15, 0.2) is 0 Å². The van der Waals surface area contributed by atoms with E-state index in [0.717, 1.165) is 18.4 Å². The summed E-state index contributed by atoms with van der Waals surface area (Å²) in [5.74, 6) is -2.00. The highest BCUT2D eigenvalue weighted by Gasteiger charge is 2.56. The standard InChI is InChI=1S/C22H25F3N4O4/c1-20(2,3)21(32-19(26)31)9-5-4-6-15(21)29-11-13-8-7-12(10-14(13)17(29)30)16-27-18(33-28-16)22(23,24)25/h7-8,10,15H,4-6,9,11H2,1-3H3,(H2,26,31)/t15-,21+/m1/s1. The lowest BCUT2D eigenvalue weighted by molar-refractivity contribution is -0.159. The predicted molar refractivity (Wildman–Crippen MR) is 110 cm³/mol. The van der Waals surface area contributed by atoms with E-state index >= 15 is 0 Å². The minimum Gasteiger partial charge on any atom is -0.440 e. The molecule has 2 amide bonds. The Morgan fingerprint density at radius 1 is 1.27 bits per heavy atom. The van der Waals surface area contributed by atoms with Crippen molar-refractivity contribution in [2.45, 2.75) is 70.8 Å². The summed E-state index contributed by atoms with van der Waals surface area (Å²) in [4.78, 5) is 30.4. The molecule has 0 unspecified atom stereocenters. The van der Waals surface area contributed by atoms with Gasteiger partial charge in [0.1, 0.15) is 5.60 Å². The Labute approximate surface area is 188 Å². The number of amides is 2. The summed E-state index contributed by atoms with van der Waals surface area (Å²) in [6.45, 7) is 6.15. The zero-order chi connectivity index (χ0) is 24.2. The number of nitrogens with two attached hydrogens (primary N) is 1. The van der Waals surface area contributed by atoms with E-state index in [2.05, 4.69) is 14.7 Å². The van der Waals surface area contributed by atoms with Crippen molar-refractivity contribution in [1.29, 1.82) is 0 Å². The predicted octanol–water partition coefficient (Wildman–Crippen LogP) is 4.53. The maximum Gasteiger partial charge on any atom is 0.471 e. The SMILES string of the molecule is CC(C)(C)[C@]1(OC(N)=O)CCCC[C@H]1N1Cc2ccc(-c3noc(C(F)(F)F)n3)cc2C1=O. The van der Waals surface area contributed by atoms with Gasteiger partial charge in [-0.15, -0.1) is 0 Å². The van der Waals surface area contributed by atoms with Crippen molar-refractivity contribution in [3.8, 4) is 11.4 Å². The molecule has 2 aliphatic rings. The third kappa shape index (κ3) is 3.93. The number of rotatable bonds is 3. The molecule has 4 rings (SSSR count). The molecule has 8 nitrogen and oxygen atoms in total. The number of halogens is 3. The lowest BCUT2D eigenvalue weighted by atomic mass is 9.64. The molecule has 1 aliphatic carbocycles. The van der Waals surface area contributed by atoms with Crippen molar-refractivity contribution in [3.05, 3.63) is 35.2 Å². The fourth-order valence-electron chi connectivity index (χ4n) is 5.03. The molecule has 1 saturated carbocycles. The van der Waals surface area contributed by atoms with Gasteiger partial charge in [0.25, 0.3) is 5.91 Å². The van der Waals surface area contributed by atoms with E-state index in [1.807, 2.05) is 20.8 Å². The van der Waals surface area contributed by atoms with E-state index in [1.54, 1.807) is 17.0 Å². The summed E-state index contributed by atoms with van der Waals surface area (Å²) in [7, 11) is 0. The van der Waals surface area contributed by atoms with Crippen LogP contribution in [0, 0.1) is 5.41 Å². The molecular weight excluding hydrogens is 441 g/mol. The minimum atomic E-state index is -4.76. The number of carbonyl (C=O) groups excluding carboxylic acids is 2. The van der Waals surface area contributed by atoms with Gasteiger partial charge in [0.05, 0.1) is 6.04 Å². The Hall–Kier alpha value is -3.11. The van der Waals surface area contributed by atoms with Gasteiger partial charge in [-0.05, 0) is 30.9 Å². The molecule has 2 aromatic rings. The first-order chi connectivity index (χ1) is 15.3. The number of hydrogen-bond donors (Lipinski definition) is 1. The highest BCUT2D eigenvalue weighted by Crippen LogP contribution is 2.48. The molecule has 0 bridgehead atoms. The topological polar surface area (TPSA) is 112 Å². The molecule has 2 heterocycles. The maximum absolute atomic E-state index is 13.5. The molecule has 178 valence electrons. The monoisotopic (exact) mass is 466 g/mol. The molecule has 1 aliphatic heterocycles. The minimum absolute atomic E-state index is 0.238. The number of aromatic nitrogens is 2. The Morgan fingerprint density at radius 2 is 2.00 bits per heavy atom. The lowest BCUT2D eigenvalue weighted by Crippen LogP contribution is -2.63. The van der Waals surface area contributed by atoms with Gasteiger partial charge >= 0.3 is 18.2 Å². The first-order valence-electron chi connectivity index (χ1n) is 10.7. The lowest BCUT2D eigenvalue weighted by Gasteiger charge is -2.53. The Balaban J connectivity index is 1.68. The number of primary amides is 1. The first-order valence-corrected chi connectivity index (χ1v) is 10.7. The second-order valence-electron chi connectivity index (χ2n) is 9.55. The summed E-state index contributed by atoms with van der Waals surface area (Å²) in [5, 5.41) is 3.40. The third-order valence-corrected chi connectivity index (χ3v) is 6.61. The van der Waals surface area contributed by atoms with Crippen LogP contribution in [0.2, 0.25) is 0 Å². The normalized spacial score (nSPS) is 23.5. The van der Waals surface area contributed by atoms with E-state index < -0.39 is 35.2 Å². The Bertz CT molecular complexity index is 1090. The summed E-state index contributed by atoms with van der Waals surface area (Å²) >= 11 is 0. The van der Waals surface area contributed by atoms with Crippen LogP contribution < -0.4 is 5.73 Å². The van der Waals surface area contributed by atoms with E-state index in [0.29, 0.717) is 24.9 Å². The van der Waals surface area contributed by atoms with Crippen molar-refractivity contribution < 1.29 is 32.0 Å². The molecular formula is C22H25F3N4O4. The zero-order valence-electron chi connectivity index (χ0n) is 18.5. The number of benzene rings is 1. The Kier molecular flexibility index (Phi) is 5.41. The van der Waals surface area contributed by atoms with Crippen LogP contribution in [0.5, 0.6) is 0 Å². The molecule has 2 atom stereocenters. The van der Waals surface area contributed by atoms with Gasteiger partial charge in [0, 0.05) is 23.1 Å². The number of ether oxygens (including phenoxy) is 1. The Morgan fingerprint density at radius 3 is 2.61 bits per heavy atom. The largest absolute Gasteiger partial charge is 0.471 e. The van der Waals surface area contributed by atoms with Crippen LogP contribution in [-0.2, 0) is 17.5 Å². The van der Waals surface area contributed by atoms with E-state index in [-0.39, 0.29) is 17.3 Å². The molecule has 1 aromatic heterocycles. The summed E-state index contributed by atoms with van der Waals surface area (Å²) in [5.41, 5.74) is 5.28. The molecule has 1 aromatic carbocycles. The third-order valence-electron chi connectivity index (χ3n) is 6.61. The van der Waals surface area contributed by atoms with E-state index in [1.165, 1.54) is 6.07 Å². The van der Waals surface area contributed by atoms with Crippen LogP contribution in [0.3, 0.4) is 0 Å². The van der Waals surface area contributed by atoms with Crippen LogP contribution in [0.15, 0.2) is 22.7 Å². The number of carbonyl (C=O) groups is 2. The van der Waals surface area contributed by atoms with Gasteiger partial charge in [-0.25, -0.2) is 4.79 Å². The molecule has 0 saturated heterocycles. The van der Waals surface area contributed by atoms with Crippen molar-refractivity contribution in [2.75, 3.05) is 0 Å². The highest BCUT2D eigenvalue weighted by molar-refractivity contribution is 5.99. The fraction of sp³-hybridized carbons (Fsp3) is 0.545. The molecule has 0 spiro atoms. The van der Waals surface area contributed by atoms with E-state index in [9.17, 15) is 22.8 Å². The molecule has 0 radical (unpaired) electrons. The van der Waals surface area contributed by atoms with Gasteiger partial charge in [-0.3, -0.25) is 4.79 Å². The van der Waals surface area contributed by atoms with Crippen molar-refractivity contribution in [2.24, 2.45) is 11.1 Å². The van der Waals surface area contributed by atoms with Crippen LogP contribution >= 0.6 is 0 Å². The molecule has 2 N–H and O–H groups in total. The second-order valence-corrected chi connectivity index (χ2v) is 9.55. The van der Waals surface area contributed by atoms with Gasteiger partial charge in [0.2, 0.25) is 5.82 Å². The van der Waals surface area contributed by atoms with Crippen LogP contribution in [0.1, 0.15) is 68.3 Å². The average molecular weight is 466 g/mol. The van der Waals surface area contributed by atoms with Crippen molar-refractivity contribution in [1.82, 2.24) is 15.0 Å². The molecule has 1 fully saturated rings. The summed E-state index contributed by atoms with van der Waals surface area (Å²) in [6.07, 6.45) is -2.75. The van der Waals surface area contributed by atoms with Gasteiger partial charge in [-0.2, -0.15) is 18.2 Å². The quantitative estimate of drug-likeness (QED) is 0.711. The van der Waals surface area contributed by atoms with Crippen LogP contribution in [-0.4, -0.2) is 38.7 Å². The van der Waals surface area contributed by atoms with Gasteiger partial charge in [-0.1, -0.05) is 44.5 Å². The summed E-state index contributed by atoms with van der Waals surface area (Å²) < 4.78 is 48.5.